The van der Waals surface area contributed by atoms with E-state index in [0.717, 1.165) is 22.2 Å². The van der Waals surface area contributed by atoms with Crippen LogP contribution in [0, 0.1) is 0 Å². The molecule has 1 aromatic heterocycles. The maximum atomic E-state index is 10.7. The molecule has 0 aliphatic rings. The molecule has 0 atom stereocenters. The molecule has 2 aromatic rings. The van der Waals surface area contributed by atoms with Gasteiger partial charge >= 0.3 is 5.97 Å². The molecule has 2 rings (SSSR count). The Morgan fingerprint density at radius 2 is 2.11 bits per heavy atom. The van der Waals surface area contributed by atoms with Gasteiger partial charge in [0.2, 0.25) is 0 Å². The maximum absolute atomic E-state index is 10.7. The van der Waals surface area contributed by atoms with Gasteiger partial charge in [-0.25, -0.2) is 0 Å². The van der Waals surface area contributed by atoms with Crippen molar-refractivity contribution in [1.82, 2.24) is 4.57 Å². The quantitative estimate of drug-likeness (QED) is 0.900. The van der Waals surface area contributed by atoms with Crippen LogP contribution in [-0.2, 0) is 18.3 Å². The molecule has 0 amide bonds. The third-order valence-corrected chi connectivity index (χ3v) is 3.18. The normalized spacial score (nSPS) is 10.8. The lowest BCUT2D eigenvalue weighted by atomic mass is 10.1. The maximum Gasteiger partial charge on any atom is 0.303 e. The minimum atomic E-state index is -0.754. The number of hydrogen-bond donors (Lipinski definition) is 1. The van der Waals surface area contributed by atoms with Gasteiger partial charge in [-0.15, -0.1) is 0 Å². The van der Waals surface area contributed by atoms with E-state index in [1.165, 1.54) is 0 Å². The number of carboxylic acid groups (broad SMARTS) is 1. The van der Waals surface area contributed by atoms with E-state index in [9.17, 15) is 4.79 Å². The second-order valence-corrected chi connectivity index (χ2v) is 4.75. The van der Waals surface area contributed by atoms with E-state index >= 15 is 0 Å². The number of nitrogens with zero attached hydrogens (tertiary/aromatic N) is 2. The van der Waals surface area contributed by atoms with Crippen molar-refractivity contribution >= 4 is 22.6 Å². The molecule has 1 N–H and O–H groups in total. The molecule has 0 aliphatic carbocycles. The summed E-state index contributed by atoms with van der Waals surface area (Å²) in [5, 5.41) is 9.92. The van der Waals surface area contributed by atoms with Crippen molar-refractivity contribution in [3.63, 3.8) is 0 Å². The van der Waals surface area contributed by atoms with Crippen LogP contribution in [0.15, 0.2) is 24.4 Å². The monoisotopic (exact) mass is 246 g/mol. The first-order valence-electron chi connectivity index (χ1n) is 5.96. The molecule has 0 bridgehead atoms. The molecule has 0 saturated heterocycles. The number of aryl methyl sites for hydroxylation is 2. The van der Waals surface area contributed by atoms with Crippen LogP contribution in [-0.4, -0.2) is 29.7 Å². The zero-order valence-corrected chi connectivity index (χ0v) is 11.0. The smallest absolute Gasteiger partial charge is 0.303 e. The number of anilines is 1. The van der Waals surface area contributed by atoms with Crippen LogP contribution in [0.25, 0.3) is 10.9 Å². The highest BCUT2D eigenvalue weighted by atomic mass is 16.4. The van der Waals surface area contributed by atoms with Gasteiger partial charge in [0, 0.05) is 50.4 Å². The van der Waals surface area contributed by atoms with Crippen LogP contribution in [0.3, 0.4) is 0 Å². The fourth-order valence-electron chi connectivity index (χ4n) is 2.18. The number of rotatable bonds is 4. The SMILES string of the molecule is CN(C)c1ccc2c(c1)c(CCC(=O)O)cn2C. The van der Waals surface area contributed by atoms with E-state index in [1.807, 2.05) is 36.8 Å². The summed E-state index contributed by atoms with van der Waals surface area (Å²) in [6.45, 7) is 0. The zero-order chi connectivity index (χ0) is 13.3. The van der Waals surface area contributed by atoms with Crippen molar-refractivity contribution in [2.75, 3.05) is 19.0 Å². The van der Waals surface area contributed by atoms with E-state index in [4.69, 9.17) is 5.11 Å². The van der Waals surface area contributed by atoms with Crippen molar-refractivity contribution in [1.29, 1.82) is 0 Å². The molecule has 0 radical (unpaired) electrons. The Labute approximate surface area is 106 Å². The van der Waals surface area contributed by atoms with Gasteiger partial charge in [-0.3, -0.25) is 4.79 Å². The van der Waals surface area contributed by atoms with Crippen molar-refractivity contribution in [2.24, 2.45) is 7.05 Å². The van der Waals surface area contributed by atoms with Crippen molar-refractivity contribution < 1.29 is 9.90 Å². The van der Waals surface area contributed by atoms with Gasteiger partial charge in [-0.2, -0.15) is 0 Å². The average Bonchev–Trinajstić information content (AvgIpc) is 2.63. The van der Waals surface area contributed by atoms with Gasteiger partial charge in [0.05, 0.1) is 0 Å². The van der Waals surface area contributed by atoms with Crippen LogP contribution in [0.5, 0.6) is 0 Å². The number of aliphatic carboxylic acids is 1. The standard InChI is InChI=1S/C14H18N2O2/c1-15(2)11-5-6-13-12(8-11)10(9-16(13)3)4-7-14(17)18/h5-6,8-9H,4,7H2,1-3H3,(H,17,18). The van der Waals surface area contributed by atoms with Crippen LogP contribution in [0.2, 0.25) is 0 Å². The molecule has 0 fully saturated rings. The topological polar surface area (TPSA) is 45.5 Å². The Balaban J connectivity index is 2.45. The lowest BCUT2D eigenvalue weighted by Gasteiger charge is -2.12. The van der Waals surface area contributed by atoms with Crippen LogP contribution in [0.1, 0.15) is 12.0 Å². The summed E-state index contributed by atoms with van der Waals surface area (Å²) in [7, 11) is 5.99. The Bertz CT molecular complexity index is 585. The third-order valence-electron chi connectivity index (χ3n) is 3.18. The molecule has 4 nitrogen and oxygen atoms in total. The third kappa shape index (κ3) is 2.32. The van der Waals surface area contributed by atoms with Crippen molar-refractivity contribution in [2.45, 2.75) is 12.8 Å². The molecular formula is C14H18N2O2. The van der Waals surface area contributed by atoms with Crippen LogP contribution in [0.4, 0.5) is 5.69 Å². The van der Waals surface area contributed by atoms with Crippen molar-refractivity contribution in [3.05, 3.63) is 30.0 Å². The molecule has 0 saturated carbocycles. The molecular weight excluding hydrogens is 228 g/mol. The van der Waals surface area contributed by atoms with Gasteiger partial charge in [-0.1, -0.05) is 0 Å². The number of benzene rings is 1. The van der Waals surface area contributed by atoms with E-state index in [2.05, 4.69) is 18.2 Å². The molecule has 4 heteroatoms. The van der Waals surface area contributed by atoms with Crippen LogP contribution < -0.4 is 4.90 Å². The summed E-state index contributed by atoms with van der Waals surface area (Å²) >= 11 is 0. The van der Waals surface area contributed by atoms with Crippen LogP contribution >= 0.6 is 0 Å². The van der Waals surface area contributed by atoms with Gasteiger partial charge in [0.15, 0.2) is 0 Å². The van der Waals surface area contributed by atoms with Crippen molar-refractivity contribution in [3.8, 4) is 0 Å². The Kier molecular flexibility index (Phi) is 3.28. The zero-order valence-electron chi connectivity index (χ0n) is 11.0. The Hall–Kier alpha value is -1.97. The molecule has 18 heavy (non-hydrogen) atoms. The largest absolute Gasteiger partial charge is 0.481 e. The number of fused-ring (bicyclic) bond motifs is 1. The summed E-state index contributed by atoms with van der Waals surface area (Å²) in [6, 6.07) is 6.27. The first-order chi connectivity index (χ1) is 8.49. The van der Waals surface area contributed by atoms with E-state index in [1.54, 1.807) is 0 Å². The summed E-state index contributed by atoms with van der Waals surface area (Å²) in [4.78, 5) is 12.7. The highest BCUT2D eigenvalue weighted by Gasteiger charge is 2.09. The minimum Gasteiger partial charge on any atom is -0.481 e. The van der Waals surface area contributed by atoms with Gasteiger partial charge in [0.1, 0.15) is 0 Å². The first kappa shape index (κ1) is 12.5. The highest BCUT2D eigenvalue weighted by Crippen LogP contribution is 2.26. The second kappa shape index (κ2) is 4.72. The summed E-state index contributed by atoms with van der Waals surface area (Å²) in [5.41, 5.74) is 3.37. The lowest BCUT2D eigenvalue weighted by Crippen LogP contribution is -2.08. The number of carbonyl (C=O) groups is 1. The van der Waals surface area contributed by atoms with E-state index < -0.39 is 5.97 Å². The summed E-state index contributed by atoms with van der Waals surface area (Å²) < 4.78 is 2.05. The molecule has 1 aromatic carbocycles. The average molecular weight is 246 g/mol. The number of hydrogen-bond acceptors (Lipinski definition) is 2. The molecule has 1 heterocycles. The summed E-state index contributed by atoms with van der Waals surface area (Å²) in [6.07, 6.45) is 2.77. The minimum absolute atomic E-state index is 0.172. The predicted molar refractivity (Wildman–Crippen MR) is 73.2 cm³/mol. The fraction of sp³-hybridized carbons (Fsp3) is 0.357. The summed E-state index contributed by atoms with van der Waals surface area (Å²) in [5.74, 6) is -0.754. The Morgan fingerprint density at radius 3 is 2.72 bits per heavy atom. The second-order valence-electron chi connectivity index (χ2n) is 4.75. The molecule has 0 aliphatic heterocycles. The predicted octanol–water partition coefficient (Wildman–Crippen LogP) is 2.26. The first-order valence-corrected chi connectivity index (χ1v) is 5.96. The Morgan fingerprint density at radius 1 is 1.39 bits per heavy atom. The van der Waals surface area contributed by atoms with E-state index in [0.29, 0.717) is 6.42 Å². The molecule has 0 spiro atoms. The lowest BCUT2D eigenvalue weighted by molar-refractivity contribution is -0.136. The fourth-order valence-corrected chi connectivity index (χ4v) is 2.18. The number of carboxylic acids is 1. The van der Waals surface area contributed by atoms with Gasteiger partial charge < -0.3 is 14.6 Å². The number of aromatic nitrogens is 1. The molecule has 0 unspecified atom stereocenters. The van der Waals surface area contributed by atoms with Gasteiger partial charge in [0.25, 0.3) is 0 Å². The van der Waals surface area contributed by atoms with Gasteiger partial charge in [-0.05, 0) is 30.2 Å². The molecule has 96 valence electrons. The highest BCUT2D eigenvalue weighted by molar-refractivity contribution is 5.87. The van der Waals surface area contributed by atoms with E-state index in [-0.39, 0.29) is 6.42 Å².